The monoisotopic (exact) mass is 200 g/mol. The van der Waals surface area contributed by atoms with Crippen LogP contribution in [0.1, 0.15) is 26.7 Å². The van der Waals surface area contributed by atoms with Gasteiger partial charge in [-0.2, -0.15) is 0 Å². The molecule has 84 valence electrons. The predicted molar refractivity (Wildman–Crippen MR) is 59.3 cm³/mol. The minimum Gasteiger partial charge on any atom is -0.382 e. The molecular weight excluding hydrogens is 176 g/mol. The van der Waals surface area contributed by atoms with Crippen LogP contribution in [0.5, 0.6) is 0 Å². The maximum absolute atomic E-state index is 5.97. The second kappa shape index (κ2) is 6.38. The lowest BCUT2D eigenvalue weighted by molar-refractivity contribution is 0.115. The Morgan fingerprint density at radius 1 is 1.50 bits per heavy atom. The first kappa shape index (κ1) is 12.0. The highest BCUT2D eigenvalue weighted by atomic mass is 16.5. The van der Waals surface area contributed by atoms with Gasteiger partial charge in [0.15, 0.2) is 0 Å². The molecule has 0 unspecified atom stereocenters. The molecule has 1 aliphatic rings. The first-order chi connectivity index (χ1) is 6.74. The van der Waals surface area contributed by atoms with Crippen molar-refractivity contribution in [2.24, 2.45) is 11.7 Å². The van der Waals surface area contributed by atoms with Crippen LogP contribution in [-0.2, 0) is 4.74 Å². The quantitative estimate of drug-likeness (QED) is 0.675. The molecule has 2 N–H and O–H groups in total. The molecule has 0 saturated carbocycles. The normalized spacial score (nSPS) is 29.4. The van der Waals surface area contributed by atoms with Gasteiger partial charge in [0.1, 0.15) is 0 Å². The van der Waals surface area contributed by atoms with Crippen LogP contribution < -0.4 is 5.73 Å². The van der Waals surface area contributed by atoms with Crippen molar-refractivity contribution in [3.63, 3.8) is 0 Å². The van der Waals surface area contributed by atoms with Gasteiger partial charge in [-0.1, -0.05) is 6.92 Å². The van der Waals surface area contributed by atoms with Gasteiger partial charge >= 0.3 is 0 Å². The Kier molecular flexibility index (Phi) is 5.45. The van der Waals surface area contributed by atoms with Gasteiger partial charge < -0.3 is 15.4 Å². The van der Waals surface area contributed by atoms with E-state index in [0.29, 0.717) is 12.0 Å². The van der Waals surface area contributed by atoms with Crippen molar-refractivity contribution >= 4 is 0 Å². The average molecular weight is 200 g/mol. The molecule has 1 rings (SSSR count). The van der Waals surface area contributed by atoms with Crippen molar-refractivity contribution in [1.29, 1.82) is 0 Å². The van der Waals surface area contributed by atoms with E-state index in [1.807, 2.05) is 6.92 Å². The minimum atomic E-state index is 0.415. The van der Waals surface area contributed by atoms with Crippen molar-refractivity contribution in [3.05, 3.63) is 0 Å². The van der Waals surface area contributed by atoms with Crippen LogP contribution in [0.2, 0.25) is 0 Å². The van der Waals surface area contributed by atoms with E-state index in [-0.39, 0.29) is 0 Å². The van der Waals surface area contributed by atoms with Crippen LogP contribution >= 0.6 is 0 Å². The molecule has 1 saturated heterocycles. The molecule has 0 aliphatic carbocycles. The SMILES string of the molecule is CCOCCCN1CC[C@@H](N)[C@H](C)C1. The van der Waals surface area contributed by atoms with Crippen LogP contribution in [-0.4, -0.2) is 43.8 Å². The van der Waals surface area contributed by atoms with E-state index in [4.69, 9.17) is 10.5 Å². The molecule has 3 nitrogen and oxygen atoms in total. The van der Waals surface area contributed by atoms with E-state index in [1.54, 1.807) is 0 Å². The fraction of sp³-hybridized carbons (Fsp3) is 1.00. The number of nitrogens with two attached hydrogens (primary N) is 1. The molecule has 1 aliphatic heterocycles. The Balaban J connectivity index is 2.07. The largest absolute Gasteiger partial charge is 0.382 e. The molecular formula is C11H24N2O. The Morgan fingerprint density at radius 2 is 2.29 bits per heavy atom. The highest BCUT2D eigenvalue weighted by molar-refractivity contribution is 4.79. The maximum Gasteiger partial charge on any atom is 0.0478 e. The summed E-state index contributed by atoms with van der Waals surface area (Å²) < 4.78 is 5.32. The summed E-state index contributed by atoms with van der Waals surface area (Å²) in [6.45, 7) is 9.51. The summed E-state index contributed by atoms with van der Waals surface area (Å²) in [5, 5.41) is 0. The minimum absolute atomic E-state index is 0.415. The smallest absolute Gasteiger partial charge is 0.0478 e. The number of nitrogens with zero attached hydrogens (tertiary/aromatic N) is 1. The highest BCUT2D eigenvalue weighted by Gasteiger charge is 2.22. The van der Waals surface area contributed by atoms with Crippen molar-refractivity contribution < 1.29 is 4.74 Å². The summed E-state index contributed by atoms with van der Waals surface area (Å²) in [7, 11) is 0. The Labute approximate surface area is 87.6 Å². The van der Waals surface area contributed by atoms with Crippen molar-refractivity contribution in [2.45, 2.75) is 32.7 Å². The molecule has 2 atom stereocenters. The molecule has 14 heavy (non-hydrogen) atoms. The molecule has 3 heteroatoms. The number of ether oxygens (including phenoxy) is 1. The standard InChI is InChI=1S/C11H24N2O/c1-3-14-8-4-6-13-7-5-11(12)10(2)9-13/h10-11H,3-9,12H2,1-2H3/t10-,11-/m1/s1. The molecule has 0 bridgehead atoms. The molecule has 0 radical (unpaired) electrons. The van der Waals surface area contributed by atoms with Gasteiger partial charge in [0.05, 0.1) is 0 Å². The average Bonchev–Trinajstić information content (AvgIpc) is 2.18. The second-order valence-electron chi connectivity index (χ2n) is 4.28. The molecule has 0 aromatic heterocycles. The van der Waals surface area contributed by atoms with Crippen molar-refractivity contribution in [1.82, 2.24) is 4.90 Å². The molecule has 1 heterocycles. The van der Waals surface area contributed by atoms with Gasteiger partial charge in [-0.25, -0.2) is 0 Å². The third-order valence-electron chi connectivity index (χ3n) is 3.02. The molecule has 0 spiro atoms. The van der Waals surface area contributed by atoms with Crippen LogP contribution in [0.4, 0.5) is 0 Å². The number of piperidine rings is 1. The Hall–Kier alpha value is -0.120. The predicted octanol–water partition coefficient (Wildman–Crippen LogP) is 1.08. The lowest BCUT2D eigenvalue weighted by Crippen LogP contribution is -2.46. The van der Waals surface area contributed by atoms with Crippen LogP contribution in [0.25, 0.3) is 0 Å². The zero-order chi connectivity index (χ0) is 10.4. The Morgan fingerprint density at radius 3 is 2.93 bits per heavy atom. The maximum atomic E-state index is 5.97. The Bertz CT molecular complexity index is 152. The fourth-order valence-electron chi connectivity index (χ4n) is 1.99. The fourth-order valence-corrected chi connectivity index (χ4v) is 1.99. The van der Waals surface area contributed by atoms with Crippen LogP contribution in [0.15, 0.2) is 0 Å². The van der Waals surface area contributed by atoms with Gasteiger partial charge in [-0.05, 0) is 32.2 Å². The van der Waals surface area contributed by atoms with E-state index in [1.165, 1.54) is 0 Å². The van der Waals surface area contributed by atoms with Crippen LogP contribution in [0, 0.1) is 5.92 Å². The number of rotatable bonds is 5. The van der Waals surface area contributed by atoms with E-state index in [2.05, 4.69) is 11.8 Å². The molecule has 0 amide bonds. The lowest BCUT2D eigenvalue weighted by Gasteiger charge is -2.35. The van der Waals surface area contributed by atoms with Gasteiger partial charge in [0.25, 0.3) is 0 Å². The van der Waals surface area contributed by atoms with Crippen LogP contribution in [0.3, 0.4) is 0 Å². The zero-order valence-corrected chi connectivity index (χ0v) is 9.54. The first-order valence-corrected chi connectivity index (χ1v) is 5.79. The summed E-state index contributed by atoms with van der Waals surface area (Å²) in [6, 6.07) is 0.415. The van der Waals surface area contributed by atoms with Gasteiger partial charge in [-0.15, -0.1) is 0 Å². The van der Waals surface area contributed by atoms with E-state index >= 15 is 0 Å². The molecule has 0 aromatic carbocycles. The third kappa shape index (κ3) is 3.95. The van der Waals surface area contributed by atoms with Gasteiger partial charge in [-0.3, -0.25) is 0 Å². The lowest BCUT2D eigenvalue weighted by atomic mass is 9.95. The first-order valence-electron chi connectivity index (χ1n) is 5.79. The zero-order valence-electron chi connectivity index (χ0n) is 9.54. The summed E-state index contributed by atoms with van der Waals surface area (Å²) >= 11 is 0. The van der Waals surface area contributed by atoms with E-state index in [9.17, 15) is 0 Å². The van der Waals surface area contributed by atoms with Gasteiger partial charge in [0, 0.05) is 32.3 Å². The summed E-state index contributed by atoms with van der Waals surface area (Å²) in [4.78, 5) is 2.51. The van der Waals surface area contributed by atoms with Gasteiger partial charge in [0.2, 0.25) is 0 Å². The van der Waals surface area contributed by atoms with E-state index in [0.717, 1.165) is 45.7 Å². The highest BCUT2D eigenvalue weighted by Crippen LogP contribution is 2.14. The van der Waals surface area contributed by atoms with Crippen molar-refractivity contribution in [2.75, 3.05) is 32.8 Å². The van der Waals surface area contributed by atoms with Crippen molar-refractivity contribution in [3.8, 4) is 0 Å². The summed E-state index contributed by atoms with van der Waals surface area (Å²) in [5.41, 5.74) is 5.97. The number of likely N-dealkylation sites (tertiary alicyclic amines) is 1. The summed E-state index contributed by atoms with van der Waals surface area (Å²) in [5.74, 6) is 0.649. The number of hydrogen-bond donors (Lipinski definition) is 1. The second-order valence-corrected chi connectivity index (χ2v) is 4.28. The topological polar surface area (TPSA) is 38.5 Å². The molecule has 0 aromatic rings. The number of hydrogen-bond acceptors (Lipinski definition) is 3. The third-order valence-corrected chi connectivity index (χ3v) is 3.02. The molecule has 1 fully saturated rings. The summed E-state index contributed by atoms with van der Waals surface area (Å²) in [6.07, 6.45) is 2.30. The van der Waals surface area contributed by atoms with E-state index < -0.39 is 0 Å².